The highest BCUT2D eigenvalue weighted by Crippen LogP contribution is 2.28. The molecule has 1 N–H and O–H groups in total. The molecule has 0 aliphatic rings. The van der Waals surface area contributed by atoms with Crippen LogP contribution in [-0.2, 0) is 0 Å². The second-order valence-corrected chi connectivity index (χ2v) is 3.97. The van der Waals surface area contributed by atoms with E-state index in [1.54, 1.807) is 0 Å². The van der Waals surface area contributed by atoms with Crippen molar-refractivity contribution in [3.63, 3.8) is 0 Å². The number of aliphatic hydroxyl groups is 1. The third-order valence-electron chi connectivity index (χ3n) is 2.29. The van der Waals surface area contributed by atoms with Gasteiger partial charge in [-0.05, 0) is 18.9 Å². The molecule has 102 valence electrons. The fraction of sp³-hybridized carbons (Fsp3) is 0.583. The lowest BCUT2D eigenvalue weighted by atomic mass is 10.1. The molecule has 0 aliphatic carbocycles. The molecule has 0 saturated carbocycles. The van der Waals surface area contributed by atoms with Gasteiger partial charge in [0, 0.05) is 18.2 Å². The molecule has 18 heavy (non-hydrogen) atoms. The number of aliphatic hydroxyl groups excluding tert-OH is 1. The average Bonchev–Trinajstić information content (AvgIpc) is 2.33. The topological polar surface area (TPSA) is 42.4 Å². The van der Waals surface area contributed by atoms with Crippen LogP contribution >= 0.6 is 0 Å². The van der Waals surface area contributed by atoms with Crippen LogP contribution in [0.1, 0.15) is 37.9 Å². The summed E-state index contributed by atoms with van der Waals surface area (Å²) in [5.74, 6) is 0.459. The van der Waals surface area contributed by atoms with Crippen LogP contribution in [-0.4, -0.2) is 22.9 Å². The third-order valence-corrected chi connectivity index (χ3v) is 2.29. The van der Waals surface area contributed by atoms with Crippen LogP contribution in [0.4, 0.5) is 13.2 Å². The van der Waals surface area contributed by atoms with Crippen molar-refractivity contribution in [1.82, 2.24) is 4.98 Å². The second-order valence-electron chi connectivity index (χ2n) is 3.97. The fourth-order valence-corrected chi connectivity index (χ4v) is 1.38. The Morgan fingerprint density at radius 1 is 1.39 bits per heavy atom. The summed E-state index contributed by atoms with van der Waals surface area (Å²) in [6.07, 6.45) is -3.19. The molecular formula is C12H16F3NO2. The van der Waals surface area contributed by atoms with E-state index in [0.29, 0.717) is 17.9 Å². The molecule has 0 amide bonds. The molecule has 0 aliphatic heterocycles. The summed E-state index contributed by atoms with van der Waals surface area (Å²) in [6.45, 7) is 2.44. The standard InChI is InChI=1S/C12H16F3NO2/c1-2-5-18-10-6-9(7-16-8-10)11(17)3-4-12(13,14)15/h6-8,11,17H,2-5H2,1H3. The minimum absolute atomic E-state index is 0.341. The molecule has 1 aromatic rings. The lowest BCUT2D eigenvalue weighted by Crippen LogP contribution is -2.10. The molecule has 0 saturated heterocycles. The molecule has 1 rings (SSSR count). The third kappa shape index (κ3) is 5.35. The van der Waals surface area contributed by atoms with E-state index in [1.165, 1.54) is 18.5 Å². The maximum atomic E-state index is 12.0. The van der Waals surface area contributed by atoms with Gasteiger partial charge < -0.3 is 9.84 Å². The van der Waals surface area contributed by atoms with Gasteiger partial charge in [-0.2, -0.15) is 13.2 Å². The Bertz CT molecular complexity index is 369. The summed E-state index contributed by atoms with van der Waals surface area (Å²) in [7, 11) is 0. The van der Waals surface area contributed by atoms with Crippen LogP contribution < -0.4 is 4.74 Å². The van der Waals surface area contributed by atoms with Gasteiger partial charge in [0.15, 0.2) is 0 Å². The van der Waals surface area contributed by atoms with Gasteiger partial charge in [0.2, 0.25) is 0 Å². The molecule has 1 atom stereocenters. The molecular weight excluding hydrogens is 247 g/mol. The van der Waals surface area contributed by atoms with Crippen LogP contribution in [0.15, 0.2) is 18.5 Å². The summed E-state index contributed by atoms with van der Waals surface area (Å²) in [4.78, 5) is 3.84. The molecule has 0 aromatic carbocycles. The van der Waals surface area contributed by atoms with Crippen LogP contribution in [0.2, 0.25) is 0 Å². The van der Waals surface area contributed by atoms with Gasteiger partial charge in [0.05, 0.1) is 18.9 Å². The first-order valence-electron chi connectivity index (χ1n) is 5.75. The minimum atomic E-state index is -4.26. The second kappa shape index (κ2) is 6.58. The first-order chi connectivity index (χ1) is 8.42. The van der Waals surface area contributed by atoms with Crippen molar-refractivity contribution in [2.45, 2.75) is 38.5 Å². The molecule has 0 fully saturated rings. The monoisotopic (exact) mass is 263 g/mol. The predicted molar refractivity (Wildman–Crippen MR) is 60.3 cm³/mol. The minimum Gasteiger partial charge on any atom is -0.492 e. The van der Waals surface area contributed by atoms with E-state index in [4.69, 9.17) is 4.74 Å². The van der Waals surface area contributed by atoms with Crippen molar-refractivity contribution >= 4 is 0 Å². The van der Waals surface area contributed by atoms with Crippen molar-refractivity contribution < 1.29 is 23.0 Å². The quantitative estimate of drug-likeness (QED) is 0.856. The highest BCUT2D eigenvalue weighted by molar-refractivity contribution is 5.25. The van der Waals surface area contributed by atoms with Crippen molar-refractivity contribution in [1.29, 1.82) is 0 Å². The summed E-state index contributed by atoms with van der Waals surface area (Å²) < 4.78 is 41.4. The van der Waals surface area contributed by atoms with Crippen LogP contribution in [0, 0.1) is 0 Å². The van der Waals surface area contributed by atoms with E-state index in [-0.39, 0.29) is 6.42 Å². The highest BCUT2D eigenvalue weighted by atomic mass is 19.4. The zero-order valence-corrected chi connectivity index (χ0v) is 10.1. The smallest absolute Gasteiger partial charge is 0.389 e. The van der Waals surface area contributed by atoms with E-state index >= 15 is 0 Å². The van der Waals surface area contributed by atoms with Gasteiger partial charge in [0.25, 0.3) is 0 Å². The SMILES string of the molecule is CCCOc1cncc(C(O)CCC(F)(F)F)c1. The van der Waals surface area contributed by atoms with Crippen LogP contribution in [0.3, 0.4) is 0 Å². The van der Waals surface area contributed by atoms with Crippen molar-refractivity contribution in [3.05, 3.63) is 24.0 Å². The van der Waals surface area contributed by atoms with Gasteiger partial charge in [-0.15, -0.1) is 0 Å². The first-order valence-corrected chi connectivity index (χ1v) is 5.75. The Labute approximate surface area is 104 Å². The first kappa shape index (κ1) is 14.8. The largest absolute Gasteiger partial charge is 0.492 e. The van der Waals surface area contributed by atoms with Crippen molar-refractivity contribution in [2.24, 2.45) is 0 Å². The number of halogens is 3. The van der Waals surface area contributed by atoms with E-state index < -0.39 is 18.7 Å². The van der Waals surface area contributed by atoms with Crippen LogP contribution in [0.25, 0.3) is 0 Å². The number of rotatable bonds is 6. The van der Waals surface area contributed by atoms with Crippen molar-refractivity contribution in [3.8, 4) is 5.75 Å². The van der Waals surface area contributed by atoms with Crippen molar-refractivity contribution in [2.75, 3.05) is 6.61 Å². The predicted octanol–water partition coefficient (Wildman–Crippen LogP) is 3.25. The Hall–Kier alpha value is -1.30. The number of hydrogen-bond acceptors (Lipinski definition) is 3. The molecule has 3 nitrogen and oxygen atoms in total. The van der Waals surface area contributed by atoms with Gasteiger partial charge >= 0.3 is 6.18 Å². The molecule has 1 unspecified atom stereocenters. The number of ether oxygens (including phenoxy) is 1. The van der Waals surface area contributed by atoms with Gasteiger partial charge in [0.1, 0.15) is 5.75 Å². The molecule has 0 radical (unpaired) electrons. The molecule has 0 spiro atoms. The van der Waals surface area contributed by atoms with E-state index in [0.717, 1.165) is 6.42 Å². The maximum Gasteiger partial charge on any atom is 0.389 e. The Morgan fingerprint density at radius 3 is 2.72 bits per heavy atom. The van der Waals surface area contributed by atoms with E-state index in [1.807, 2.05) is 6.92 Å². The molecule has 0 bridgehead atoms. The fourth-order valence-electron chi connectivity index (χ4n) is 1.38. The maximum absolute atomic E-state index is 12.0. The van der Waals surface area contributed by atoms with E-state index in [2.05, 4.69) is 4.98 Å². The van der Waals surface area contributed by atoms with Gasteiger partial charge in [-0.25, -0.2) is 0 Å². The lowest BCUT2D eigenvalue weighted by Gasteiger charge is -2.13. The van der Waals surface area contributed by atoms with E-state index in [9.17, 15) is 18.3 Å². The Morgan fingerprint density at radius 2 is 2.11 bits per heavy atom. The number of alkyl halides is 3. The summed E-state index contributed by atoms with van der Waals surface area (Å²) in [6, 6.07) is 1.52. The lowest BCUT2D eigenvalue weighted by molar-refractivity contribution is -0.140. The summed E-state index contributed by atoms with van der Waals surface area (Å²) in [5.41, 5.74) is 0.341. The molecule has 1 heterocycles. The average molecular weight is 263 g/mol. The highest BCUT2D eigenvalue weighted by Gasteiger charge is 2.28. The Kier molecular flexibility index (Phi) is 5.40. The number of aromatic nitrogens is 1. The molecule has 6 heteroatoms. The van der Waals surface area contributed by atoms with Crippen LogP contribution in [0.5, 0.6) is 5.75 Å². The van der Waals surface area contributed by atoms with Gasteiger partial charge in [-0.3, -0.25) is 4.98 Å². The zero-order valence-electron chi connectivity index (χ0n) is 10.1. The molecule has 1 aromatic heterocycles. The zero-order chi connectivity index (χ0) is 13.6. The normalized spacial score (nSPS) is 13.4. The number of nitrogens with zero attached hydrogens (tertiary/aromatic N) is 1. The number of hydrogen-bond donors (Lipinski definition) is 1. The van der Waals surface area contributed by atoms with Gasteiger partial charge in [-0.1, -0.05) is 6.92 Å². The number of pyridine rings is 1. The summed E-state index contributed by atoms with van der Waals surface area (Å²) in [5, 5.41) is 9.64. The summed E-state index contributed by atoms with van der Waals surface area (Å²) >= 11 is 0. The Balaban J connectivity index is 2.59.